The Balaban J connectivity index is 1.69. The molecule has 1 fully saturated rings. The van der Waals surface area contributed by atoms with Crippen LogP contribution in [0.15, 0.2) is 24.3 Å². The van der Waals surface area contributed by atoms with E-state index in [1.54, 1.807) is 0 Å². The number of benzene rings is 1. The fourth-order valence-electron chi connectivity index (χ4n) is 3.09. The zero-order valence-corrected chi connectivity index (χ0v) is 14.9. The number of rotatable bonds is 10. The van der Waals surface area contributed by atoms with Gasteiger partial charge in [0.05, 0.1) is 0 Å². The van der Waals surface area contributed by atoms with Crippen molar-refractivity contribution in [1.29, 1.82) is 0 Å². The van der Waals surface area contributed by atoms with Crippen LogP contribution in [0.5, 0.6) is 0 Å². The molecule has 0 saturated carbocycles. The van der Waals surface area contributed by atoms with Gasteiger partial charge in [0, 0.05) is 5.56 Å². The molecule has 2 rings (SSSR count). The number of Topliss-reactive ketones (excluding diaryl/α,β-unsaturated/α-hetero) is 1. The summed E-state index contributed by atoms with van der Waals surface area (Å²) in [4.78, 5) is 12.3. The molecule has 22 heavy (non-hydrogen) atoms. The largest absolute Gasteiger partial charge is 0.289 e. The van der Waals surface area contributed by atoms with Gasteiger partial charge in [-0.2, -0.15) is 0 Å². The summed E-state index contributed by atoms with van der Waals surface area (Å²) in [5, 5.41) is 0. The van der Waals surface area contributed by atoms with Gasteiger partial charge in [-0.05, 0) is 42.1 Å². The molecule has 2 heteroatoms. The molecular weight excluding hydrogens is 288 g/mol. The van der Waals surface area contributed by atoms with Crippen LogP contribution in [0, 0.1) is 0 Å². The van der Waals surface area contributed by atoms with Crippen LogP contribution >= 0.6 is 0 Å². The summed E-state index contributed by atoms with van der Waals surface area (Å²) in [5.74, 6) is 3.71. The summed E-state index contributed by atoms with van der Waals surface area (Å²) in [7, 11) is 0.378. The van der Waals surface area contributed by atoms with Crippen molar-refractivity contribution in [3.05, 3.63) is 35.4 Å². The Morgan fingerprint density at radius 1 is 0.955 bits per heavy atom. The molecule has 1 nitrogen and oxygen atoms in total. The molecule has 0 radical (unpaired) electrons. The lowest BCUT2D eigenvalue weighted by molar-refractivity contribution is 0.102. The number of hydrogen-bond acceptors (Lipinski definition) is 1. The maximum absolute atomic E-state index is 12.3. The van der Waals surface area contributed by atoms with Gasteiger partial charge in [-0.25, -0.2) is 0 Å². The molecule has 0 N–H and O–H groups in total. The standard InChI is InChI=1S/C20H31OS/c1-2-3-4-5-6-7-10-18-11-13-19(14-12-18)20(21)17-22-15-8-9-16-22/h11-14H,2-10,15-17H2,1H3/q+1. The van der Waals surface area contributed by atoms with Gasteiger partial charge in [0.25, 0.3) is 0 Å². The van der Waals surface area contributed by atoms with Gasteiger partial charge >= 0.3 is 0 Å². The van der Waals surface area contributed by atoms with Gasteiger partial charge in [-0.1, -0.05) is 63.3 Å². The van der Waals surface area contributed by atoms with Crippen LogP contribution in [-0.4, -0.2) is 23.0 Å². The van der Waals surface area contributed by atoms with Crippen LogP contribution in [0.2, 0.25) is 0 Å². The number of unbranched alkanes of at least 4 members (excludes halogenated alkanes) is 5. The summed E-state index contributed by atoms with van der Waals surface area (Å²) in [6, 6.07) is 8.43. The lowest BCUT2D eigenvalue weighted by atomic mass is 10.0. The predicted molar refractivity (Wildman–Crippen MR) is 99.1 cm³/mol. The van der Waals surface area contributed by atoms with E-state index in [1.165, 1.54) is 68.4 Å². The van der Waals surface area contributed by atoms with Crippen molar-refractivity contribution >= 4 is 16.7 Å². The lowest BCUT2D eigenvalue weighted by Crippen LogP contribution is -2.17. The molecule has 0 aromatic heterocycles. The maximum atomic E-state index is 12.3. The molecule has 122 valence electrons. The van der Waals surface area contributed by atoms with Gasteiger partial charge < -0.3 is 0 Å². The first-order valence-corrected chi connectivity index (χ1v) is 10.8. The van der Waals surface area contributed by atoms with Crippen LogP contribution < -0.4 is 0 Å². The van der Waals surface area contributed by atoms with Crippen molar-refractivity contribution in [3.63, 3.8) is 0 Å². The number of carbonyl (C=O) groups is 1. The second-order valence-corrected chi connectivity index (χ2v) is 8.84. The minimum Gasteiger partial charge on any atom is -0.289 e. The van der Waals surface area contributed by atoms with E-state index in [0.29, 0.717) is 16.7 Å². The Kier molecular flexibility index (Phi) is 8.07. The molecule has 0 unspecified atom stereocenters. The first-order chi connectivity index (χ1) is 10.8. The number of hydrogen-bond donors (Lipinski definition) is 0. The Bertz CT molecular complexity index is 432. The highest BCUT2D eigenvalue weighted by molar-refractivity contribution is 7.97. The fourth-order valence-corrected chi connectivity index (χ4v) is 5.35. The highest BCUT2D eigenvalue weighted by Crippen LogP contribution is 2.16. The van der Waals surface area contributed by atoms with Crippen molar-refractivity contribution in [2.75, 3.05) is 17.3 Å². The molecule has 0 spiro atoms. The lowest BCUT2D eigenvalue weighted by Gasteiger charge is -2.04. The highest BCUT2D eigenvalue weighted by atomic mass is 32.2. The molecule has 1 aliphatic rings. The zero-order chi connectivity index (χ0) is 15.6. The van der Waals surface area contributed by atoms with E-state index in [4.69, 9.17) is 0 Å². The first-order valence-electron chi connectivity index (χ1n) is 9.06. The molecule has 1 aliphatic heterocycles. The van der Waals surface area contributed by atoms with Crippen molar-refractivity contribution in [3.8, 4) is 0 Å². The molecule has 1 saturated heterocycles. The van der Waals surface area contributed by atoms with Gasteiger partial charge in [0.1, 0.15) is 11.5 Å². The molecule has 0 aliphatic carbocycles. The van der Waals surface area contributed by atoms with Crippen LogP contribution in [0.3, 0.4) is 0 Å². The average Bonchev–Trinajstić information content (AvgIpc) is 3.04. The summed E-state index contributed by atoms with van der Waals surface area (Å²) in [6.07, 6.45) is 11.9. The predicted octanol–water partition coefficient (Wildman–Crippen LogP) is 5.18. The summed E-state index contributed by atoms with van der Waals surface area (Å²) in [6.45, 7) is 2.26. The second kappa shape index (κ2) is 10.1. The molecule has 1 heterocycles. The van der Waals surface area contributed by atoms with E-state index >= 15 is 0 Å². The normalized spacial score (nSPS) is 15.3. The van der Waals surface area contributed by atoms with Crippen molar-refractivity contribution in [2.24, 2.45) is 0 Å². The van der Waals surface area contributed by atoms with E-state index in [2.05, 4.69) is 19.1 Å². The molecule has 0 amide bonds. The van der Waals surface area contributed by atoms with Gasteiger partial charge in [-0.3, -0.25) is 4.79 Å². The minimum atomic E-state index is 0.358. The van der Waals surface area contributed by atoms with Crippen molar-refractivity contribution < 1.29 is 4.79 Å². The van der Waals surface area contributed by atoms with E-state index in [0.717, 1.165) is 17.7 Å². The van der Waals surface area contributed by atoms with Crippen LogP contribution in [0.4, 0.5) is 0 Å². The Labute approximate surface area is 139 Å². The fraction of sp³-hybridized carbons (Fsp3) is 0.650. The minimum absolute atomic E-state index is 0.358. The van der Waals surface area contributed by atoms with Crippen molar-refractivity contribution in [1.82, 2.24) is 0 Å². The third-order valence-electron chi connectivity index (χ3n) is 4.55. The van der Waals surface area contributed by atoms with Crippen LogP contribution in [0.25, 0.3) is 0 Å². The molecule has 1 aromatic carbocycles. The first kappa shape index (κ1) is 17.6. The maximum Gasteiger partial charge on any atom is 0.211 e. The number of aryl methyl sites for hydroxylation is 1. The summed E-state index contributed by atoms with van der Waals surface area (Å²) < 4.78 is 0. The smallest absolute Gasteiger partial charge is 0.211 e. The average molecular weight is 320 g/mol. The van der Waals surface area contributed by atoms with Crippen molar-refractivity contribution in [2.45, 2.75) is 64.7 Å². The Hall–Kier alpha value is -0.760. The molecule has 0 bridgehead atoms. The van der Waals surface area contributed by atoms with Gasteiger partial charge in [-0.15, -0.1) is 0 Å². The third kappa shape index (κ3) is 6.16. The van der Waals surface area contributed by atoms with Crippen LogP contribution in [0.1, 0.15) is 74.2 Å². The Morgan fingerprint density at radius 3 is 2.27 bits per heavy atom. The van der Waals surface area contributed by atoms with E-state index in [9.17, 15) is 4.79 Å². The van der Waals surface area contributed by atoms with E-state index in [-0.39, 0.29) is 0 Å². The monoisotopic (exact) mass is 319 g/mol. The molecule has 0 atom stereocenters. The second-order valence-electron chi connectivity index (χ2n) is 6.51. The van der Waals surface area contributed by atoms with E-state index in [1.807, 2.05) is 12.1 Å². The zero-order valence-electron chi connectivity index (χ0n) is 14.1. The highest BCUT2D eigenvalue weighted by Gasteiger charge is 2.27. The molecular formula is C20H31OS+. The van der Waals surface area contributed by atoms with Crippen LogP contribution in [-0.2, 0) is 17.3 Å². The molecule has 1 aromatic rings. The quantitative estimate of drug-likeness (QED) is 0.330. The number of ketones is 1. The third-order valence-corrected chi connectivity index (χ3v) is 6.95. The van der Waals surface area contributed by atoms with Gasteiger partial charge in [0.2, 0.25) is 5.78 Å². The van der Waals surface area contributed by atoms with E-state index < -0.39 is 0 Å². The topological polar surface area (TPSA) is 17.1 Å². The summed E-state index contributed by atoms with van der Waals surface area (Å²) in [5.41, 5.74) is 2.31. The Morgan fingerprint density at radius 2 is 1.59 bits per heavy atom. The number of carbonyl (C=O) groups excluding carboxylic acids is 1. The SMILES string of the molecule is CCCCCCCCc1ccc(C(=O)C[S+]2CCCC2)cc1. The summed E-state index contributed by atoms with van der Waals surface area (Å²) >= 11 is 0. The van der Waals surface area contributed by atoms with Gasteiger partial charge in [0.15, 0.2) is 5.75 Å².